The zero-order valence-electron chi connectivity index (χ0n) is 16.0. The van der Waals surface area contributed by atoms with Crippen molar-refractivity contribution in [2.75, 3.05) is 5.75 Å². The van der Waals surface area contributed by atoms with Gasteiger partial charge in [-0.1, -0.05) is 36.4 Å². The van der Waals surface area contributed by atoms with Crippen molar-refractivity contribution in [3.05, 3.63) is 23.8 Å². The quantitative estimate of drug-likeness (QED) is 0.523. The predicted octanol–water partition coefficient (Wildman–Crippen LogP) is 3.30. The number of hydrogen-bond acceptors (Lipinski definition) is 6. The lowest BCUT2D eigenvalue weighted by atomic mass is 9.90. The third kappa shape index (κ3) is 5.59. The molecule has 0 aromatic carbocycles. The topological polar surface area (TPSA) is 84.9 Å². The number of carbonyl (C=O) groups is 2. The molecule has 2 unspecified atom stereocenters. The molecule has 2 fully saturated rings. The number of amides is 1. The number of esters is 1. The second-order valence-electron chi connectivity index (χ2n) is 7.89. The molecule has 150 valence electrons. The van der Waals surface area contributed by atoms with Crippen molar-refractivity contribution in [1.82, 2.24) is 5.32 Å². The van der Waals surface area contributed by atoms with Gasteiger partial charge >= 0.3 is 5.97 Å². The molecule has 27 heavy (non-hydrogen) atoms. The van der Waals surface area contributed by atoms with Crippen LogP contribution < -0.4 is 5.32 Å². The molecular formula is C20H29NO5S. The van der Waals surface area contributed by atoms with Crippen LogP contribution in [0.5, 0.6) is 0 Å². The molecular weight excluding hydrogens is 366 g/mol. The Hall–Kier alpha value is -1.31. The molecule has 0 aromatic rings. The minimum Gasteiger partial charge on any atom is -0.459 e. The summed E-state index contributed by atoms with van der Waals surface area (Å²) in [6.07, 6.45) is 9.42. The Morgan fingerprint density at radius 2 is 2.11 bits per heavy atom. The van der Waals surface area contributed by atoms with Crippen LogP contribution in [0.4, 0.5) is 4.79 Å². The molecule has 7 heteroatoms. The van der Waals surface area contributed by atoms with Crippen molar-refractivity contribution in [3.63, 3.8) is 0 Å². The first-order chi connectivity index (χ1) is 12.8. The normalized spacial score (nSPS) is 41.7. The van der Waals surface area contributed by atoms with E-state index in [9.17, 15) is 14.7 Å². The Bertz CT molecular complexity index is 634. The van der Waals surface area contributed by atoms with Gasteiger partial charge in [-0.15, -0.1) is 0 Å². The molecule has 0 saturated carbocycles. The Balaban J connectivity index is 1.78. The Morgan fingerprint density at radius 1 is 1.30 bits per heavy atom. The first kappa shape index (κ1) is 20.4. The van der Waals surface area contributed by atoms with Crippen molar-refractivity contribution in [2.45, 2.75) is 76.4 Å². The second kappa shape index (κ2) is 8.80. The van der Waals surface area contributed by atoms with E-state index >= 15 is 0 Å². The summed E-state index contributed by atoms with van der Waals surface area (Å²) in [5.74, 6) is -1.03. The largest absolute Gasteiger partial charge is 0.459 e. The first-order valence-electron chi connectivity index (χ1n) is 9.72. The molecule has 5 atom stereocenters. The zero-order valence-corrected chi connectivity index (χ0v) is 16.8. The standard InChI is InChI=1S/C20H29NO5S/c1-13-5-3-4-6-14(2)9-18(22)25-16-10-15(8-7-13)26-20(24,11-16)17-12-27-19(23)21-17/h3,5,9,13,15-17,24H,4,6-8,10-12H2,1-2H3,(H,21,23)/b5-3-,14-9-/t13-,15?,16-,17?,20-/m1/s1. The third-order valence-electron chi connectivity index (χ3n) is 5.40. The van der Waals surface area contributed by atoms with Crippen molar-refractivity contribution in [1.29, 1.82) is 0 Å². The Labute approximate surface area is 164 Å². The molecule has 0 spiro atoms. The van der Waals surface area contributed by atoms with Gasteiger partial charge < -0.3 is 19.9 Å². The van der Waals surface area contributed by atoms with Crippen molar-refractivity contribution < 1.29 is 24.2 Å². The van der Waals surface area contributed by atoms with Gasteiger partial charge in [0.2, 0.25) is 0 Å². The van der Waals surface area contributed by atoms with Gasteiger partial charge in [0.25, 0.3) is 5.24 Å². The lowest BCUT2D eigenvalue weighted by Gasteiger charge is -2.43. The van der Waals surface area contributed by atoms with Crippen molar-refractivity contribution in [3.8, 4) is 0 Å². The number of fused-ring (bicyclic) bond motifs is 2. The van der Waals surface area contributed by atoms with E-state index in [-0.39, 0.29) is 23.7 Å². The zero-order chi connectivity index (χ0) is 19.4. The van der Waals surface area contributed by atoms with E-state index in [1.54, 1.807) is 6.08 Å². The van der Waals surface area contributed by atoms with Gasteiger partial charge in [0.1, 0.15) is 6.10 Å². The Morgan fingerprint density at radius 3 is 2.85 bits per heavy atom. The highest BCUT2D eigenvalue weighted by molar-refractivity contribution is 8.14. The van der Waals surface area contributed by atoms with Crippen molar-refractivity contribution in [2.24, 2.45) is 5.92 Å². The summed E-state index contributed by atoms with van der Waals surface area (Å²) in [5.41, 5.74) is 0.979. The summed E-state index contributed by atoms with van der Waals surface area (Å²) in [6, 6.07) is -0.493. The molecule has 3 aliphatic rings. The molecule has 0 aromatic heterocycles. The number of thioether (sulfide) groups is 1. The van der Waals surface area contributed by atoms with Crippen LogP contribution in [-0.4, -0.2) is 46.1 Å². The third-order valence-corrected chi connectivity index (χ3v) is 6.28. The van der Waals surface area contributed by atoms with Crippen LogP contribution in [0, 0.1) is 5.92 Å². The van der Waals surface area contributed by atoms with Gasteiger partial charge in [-0.05, 0) is 38.5 Å². The van der Waals surface area contributed by atoms with E-state index in [2.05, 4.69) is 24.4 Å². The monoisotopic (exact) mass is 395 g/mol. The van der Waals surface area contributed by atoms with Crippen LogP contribution in [0.2, 0.25) is 0 Å². The summed E-state index contributed by atoms with van der Waals surface area (Å²) < 4.78 is 11.7. The van der Waals surface area contributed by atoms with Crippen LogP contribution in [0.25, 0.3) is 0 Å². The maximum Gasteiger partial charge on any atom is 0.330 e. The van der Waals surface area contributed by atoms with Gasteiger partial charge in [0.05, 0.1) is 12.1 Å². The van der Waals surface area contributed by atoms with Gasteiger partial charge in [-0.2, -0.15) is 0 Å². The molecule has 0 radical (unpaired) electrons. The number of allylic oxidation sites excluding steroid dienone is 3. The van der Waals surface area contributed by atoms with Crippen LogP contribution in [0.1, 0.15) is 52.4 Å². The van der Waals surface area contributed by atoms with Gasteiger partial charge in [0, 0.05) is 24.7 Å². The number of aliphatic hydroxyl groups is 1. The lowest BCUT2D eigenvalue weighted by Crippen LogP contribution is -2.58. The SMILES string of the molecule is C/C1=C/C(=O)O[C@@H]2CC(CC[C@H](C)/C=C\CC1)O[C@@](O)(C1CSC(=O)N1)C2. The number of hydrogen-bond donors (Lipinski definition) is 2. The average molecular weight is 396 g/mol. The molecule has 2 N–H and O–H groups in total. The summed E-state index contributed by atoms with van der Waals surface area (Å²) in [5, 5.41) is 13.7. The maximum atomic E-state index is 12.3. The highest BCUT2D eigenvalue weighted by atomic mass is 32.2. The molecule has 3 aliphatic heterocycles. The van der Waals surface area contributed by atoms with E-state index in [0.29, 0.717) is 18.1 Å². The van der Waals surface area contributed by atoms with Crippen molar-refractivity contribution >= 4 is 23.0 Å². The minimum atomic E-state index is -1.51. The van der Waals surface area contributed by atoms with Crippen LogP contribution in [-0.2, 0) is 14.3 Å². The maximum absolute atomic E-state index is 12.3. The number of rotatable bonds is 1. The fraction of sp³-hybridized carbons (Fsp3) is 0.700. The van der Waals surface area contributed by atoms with Gasteiger partial charge in [-0.3, -0.25) is 4.79 Å². The van der Waals surface area contributed by atoms with Crippen LogP contribution in [0.15, 0.2) is 23.8 Å². The fourth-order valence-electron chi connectivity index (χ4n) is 3.86. The summed E-state index contributed by atoms with van der Waals surface area (Å²) >= 11 is 1.14. The summed E-state index contributed by atoms with van der Waals surface area (Å²) in [6.45, 7) is 4.10. The molecule has 2 saturated heterocycles. The average Bonchev–Trinajstić information content (AvgIpc) is 3.03. The number of ether oxygens (including phenoxy) is 2. The molecule has 3 rings (SSSR count). The van der Waals surface area contributed by atoms with E-state index in [1.807, 2.05) is 6.92 Å². The Kier molecular flexibility index (Phi) is 6.65. The highest BCUT2D eigenvalue weighted by Gasteiger charge is 2.49. The van der Waals surface area contributed by atoms with E-state index < -0.39 is 17.9 Å². The molecule has 2 bridgehead atoms. The molecule has 0 aliphatic carbocycles. The predicted molar refractivity (Wildman–Crippen MR) is 104 cm³/mol. The van der Waals surface area contributed by atoms with E-state index in [0.717, 1.165) is 43.0 Å². The summed E-state index contributed by atoms with van der Waals surface area (Å²) in [4.78, 5) is 23.9. The second-order valence-corrected chi connectivity index (χ2v) is 8.88. The first-order valence-corrected chi connectivity index (χ1v) is 10.7. The van der Waals surface area contributed by atoms with Gasteiger partial charge in [0.15, 0.2) is 5.79 Å². The molecule has 3 heterocycles. The van der Waals surface area contributed by atoms with Crippen LogP contribution >= 0.6 is 11.8 Å². The molecule has 1 amide bonds. The van der Waals surface area contributed by atoms with Crippen LogP contribution in [0.3, 0.4) is 0 Å². The summed E-state index contributed by atoms with van der Waals surface area (Å²) in [7, 11) is 0. The fourth-order valence-corrected chi connectivity index (χ4v) is 4.75. The lowest BCUT2D eigenvalue weighted by molar-refractivity contribution is -0.283. The highest BCUT2D eigenvalue weighted by Crippen LogP contribution is 2.37. The number of carbonyl (C=O) groups excluding carboxylic acids is 2. The number of nitrogens with one attached hydrogen (secondary N) is 1. The molecule has 6 nitrogen and oxygen atoms in total. The van der Waals surface area contributed by atoms with Gasteiger partial charge in [-0.25, -0.2) is 4.79 Å². The smallest absolute Gasteiger partial charge is 0.330 e. The van der Waals surface area contributed by atoms with E-state index in [1.165, 1.54) is 0 Å². The van der Waals surface area contributed by atoms with E-state index in [4.69, 9.17) is 9.47 Å². The minimum absolute atomic E-state index is 0.160.